The standard InChI is InChI=1S/C29H20O3/c1-18(30)19-10-12-20(13-11-19)29(25-14-16-27(31)23-8-4-2-6-21(23)25)26-15-17-28(32)24-9-5-3-7-22(24)26/h2-17,31H,1H3/b29-26+. The predicted octanol–water partition coefficient (Wildman–Crippen LogP) is 6.46. The van der Waals surface area contributed by atoms with Gasteiger partial charge in [-0.05, 0) is 58.4 Å². The summed E-state index contributed by atoms with van der Waals surface area (Å²) in [7, 11) is 0. The Balaban J connectivity index is 1.88. The molecule has 32 heavy (non-hydrogen) atoms. The maximum absolute atomic E-state index is 12.5. The third-order valence-electron chi connectivity index (χ3n) is 5.90. The largest absolute Gasteiger partial charge is 0.507 e. The lowest BCUT2D eigenvalue weighted by Gasteiger charge is -2.20. The van der Waals surface area contributed by atoms with E-state index in [9.17, 15) is 14.7 Å². The van der Waals surface area contributed by atoms with E-state index in [4.69, 9.17) is 0 Å². The molecule has 0 fully saturated rings. The zero-order chi connectivity index (χ0) is 22.2. The van der Waals surface area contributed by atoms with E-state index in [0.29, 0.717) is 11.1 Å². The molecule has 0 atom stereocenters. The lowest BCUT2D eigenvalue weighted by molar-refractivity contribution is 0.101. The number of ketones is 2. The summed E-state index contributed by atoms with van der Waals surface area (Å²) in [5, 5.41) is 12.1. The molecule has 0 bridgehead atoms. The van der Waals surface area contributed by atoms with Gasteiger partial charge in [0.15, 0.2) is 11.6 Å². The molecule has 1 aliphatic rings. The highest BCUT2D eigenvalue weighted by molar-refractivity contribution is 6.18. The van der Waals surface area contributed by atoms with Crippen LogP contribution in [0.4, 0.5) is 0 Å². The highest BCUT2D eigenvalue weighted by Crippen LogP contribution is 2.41. The summed E-state index contributed by atoms with van der Waals surface area (Å²) < 4.78 is 0. The third-order valence-corrected chi connectivity index (χ3v) is 5.90. The van der Waals surface area contributed by atoms with Gasteiger partial charge in [0.25, 0.3) is 0 Å². The van der Waals surface area contributed by atoms with Crippen molar-refractivity contribution in [1.82, 2.24) is 0 Å². The van der Waals surface area contributed by atoms with Crippen molar-refractivity contribution in [2.24, 2.45) is 0 Å². The molecule has 3 nitrogen and oxygen atoms in total. The van der Waals surface area contributed by atoms with Gasteiger partial charge in [0.1, 0.15) is 5.75 Å². The van der Waals surface area contributed by atoms with Crippen molar-refractivity contribution in [3.8, 4) is 5.75 Å². The van der Waals surface area contributed by atoms with Crippen LogP contribution < -0.4 is 0 Å². The first-order valence-electron chi connectivity index (χ1n) is 10.4. The van der Waals surface area contributed by atoms with Crippen LogP contribution in [0.25, 0.3) is 21.9 Å². The van der Waals surface area contributed by atoms with Crippen molar-refractivity contribution < 1.29 is 14.7 Å². The minimum atomic E-state index is -0.0220. The zero-order valence-electron chi connectivity index (χ0n) is 17.5. The van der Waals surface area contributed by atoms with E-state index in [1.807, 2.05) is 84.9 Å². The molecule has 0 spiro atoms. The summed E-state index contributed by atoms with van der Waals surface area (Å²) in [5.74, 6) is 0.205. The fraction of sp³-hybridized carbons (Fsp3) is 0.0345. The number of benzene rings is 4. The number of aromatic hydroxyl groups is 1. The van der Waals surface area contributed by atoms with E-state index in [1.165, 1.54) is 0 Å². The predicted molar refractivity (Wildman–Crippen MR) is 128 cm³/mol. The molecule has 1 N–H and O–H groups in total. The molecule has 0 radical (unpaired) electrons. The van der Waals surface area contributed by atoms with E-state index < -0.39 is 0 Å². The Kier molecular flexibility index (Phi) is 4.79. The number of hydrogen-bond donors (Lipinski definition) is 1. The van der Waals surface area contributed by atoms with Crippen LogP contribution in [-0.2, 0) is 0 Å². The van der Waals surface area contributed by atoms with Gasteiger partial charge in [0.2, 0.25) is 0 Å². The number of carbonyl (C=O) groups excluding carboxylic acids is 2. The van der Waals surface area contributed by atoms with Crippen molar-refractivity contribution in [3.05, 3.63) is 125 Å². The summed E-state index contributed by atoms with van der Waals surface area (Å²) in [6.45, 7) is 1.55. The molecule has 0 saturated carbocycles. The van der Waals surface area contributed by atoms with Gasteiger partial charge < -0.3 is 5.11 Å². The maximum Gasteiger partial charge on any atom is 0.186 e. The van der Waals surface area contributed by atoms with Crippen LogP contribution in [-0.4, -0.2) is 16.7 Å². The third kappa shape index (κ3) is 3.25. The van der Waals surface area contributed by atoms with Gasteiger partial charge in [-0.3, -0.25) is 9.59 Å². The minimum absolute atomic E-state index is 0.00865. The molecule has 0 aliphatic heterocycles. The van der Waals surface area contributed by atoms with Crippen molar-refractivity contribution >= 4 is 33.5 Å². The molecule has 0 unspecified atom stereocenters. The summed E-state index contributed by atoms with van der Waals surface area (Å²) in [5.41, 5.74) is 5.89. The Morgan fingerprint density at radius 3 is 2.03 bits per heavy atom. The first kappa shape index (κ1) is 19.7. The summed E-state index contributed by atoms with van der Waals surface area (Å²) in [6.07, 6.45) is 3.46. The van der Waals surface area contributed by atoms with Gasteiger partial charge in [-0.2, -0.15) is 0 Å². The van der Waals surface area contributed by atoms with E-state index in [0.717, 1.165) is 38.6 Å². The van der Waals surface area contributed by atoms with Crippen LogP contribution >= 0.6 is 0 Å². The molecule has 0 heterocycles. The van der Waals surface area contributed by atoms with Crippen LogP contribution in [0.5, 0.6) is 5.75 Å². The van der Waals surface area contributed by atoms with Gasteiger partial charge in [-0.25, -0.2) is 0 Å². The number of hydrogen-bond acceptors (Lipinski definition) is 3. The van der Waals surface area contributed by atoms with Crippen LogP contribution in [0.2, 0.25) is 0 Å². The lowest BCUT2D eigenvalue weighted by atomic mass is 9.82. The van der Waals surface area contributed by atoms with E-state index in [-0.39, 0.29) is 17.3 Å². The second kappa shape index (κ2) is 7.78. The SMILES string of the molecule is CC(=O)c1ccc(/C(=C2/C=CC(=O)c3ccccc32)c2ccc(O)c3ccccc23)cc1. The Hall–Kier alpha value is -4.24. The summed E-state index contributed by atoms with van der Waals surface area (Å²) >= 11 is 0. The fourth-order valence-electron chi connectivity index (χ4n) is 4.32. The van der Waals surface area contributed by atoms with Crippen molar-refractivity contribution in [3.63, 3.8) is 0 Å². The Labute approximate surface area is 186 Å². The smallest absolute Gasteiger partial charge is 0.186 e. The Morgan fingerprint density at radius 2 is 1.31 bits per heavy atom. The Bertz CT molecular complexity index is 1450. The highest BCUT2D eigenvalue weighted by Gasteiger charge is 2.22. The average Bonchev–Trinajstić information content (AvgIpc) is 2.83. The van der Waals surface area contributed by atoms with Crippen molar-refractivity contribution in [1.29, 1.82) is 0 Å². The van der Waals surface area contributed by atoms with Gasteiger partial charge >= 0.3 is 0 Å². The fourth-order valence-corrected chi connectivity index (χ4v) is 4.32. The Morgan fingerprint density at radius 1 is 0.688 bits per heavy atom. The molecule has 0 saturated heterocycles. The van der Waals surface area contributed by atoms with E-state index >= 15 is 0 Å². The normalized spacial score (nSPS) is 14.3. The van der Waals surface area contributed by atoms with Crippen LogP contribution in [0.1, 0.15) is 44.3 Å². The number of carbonyl (C=O) groups is 2. The van der Waals surface area contributed by atoms with Crippen LogP contribution in [0.3, 0.4) is 0 Å². The highest BCUT2D eigenvalue weighted by atomic mass is 16.3. The van der Waals surface area contributed by atoms with Crippen LogP contribution in [0, 0.1) is 0 Å². The summed E-state index contributed by atoms with van der Waals surface area (Å²) in [6, 6.07) is 26.4. The summed E-state index contributed by atoms with van der Waals surface area (Å²) in [4.78, 5) is 24.3. The molecule has 1 aliphatic carbocycles. The van der Waals surface area contributed by atoms with E-state index in [1.54, 1.807) is 19.1 Å². The van der Waals surface area contributed by atoms with Gasteiger partial charge in [-0.15, -0.1) is 0 Å². The first-order chi connectivity index (χ1) is 15.5. The van der Waals surface area contributed by atoms with Gasteiger partial charge in [-0.1, -0.05) is 78.9 Å². The number of phenolic OH excluding ortho intramolecular Hbond substituents is 1. The molecular weight excluding hydrogens is 396 g/mol. The molecular formula is C29H20O3. The number of phenols is 1. The van der Waals surface area contributed by atoms with Gasteiger partial charge in [0.05, 0.1) is 0 Å². The topological polar surface area (TPSA) is 54.4 Å². The molecule has 3 heteroatoms. The number of fused-ring (bicyclic) bond motifs is 2. The average molecular weight is 416 g/mol. The van der Waals surface area contributed by atoms with Gasteiger partial charge in [0, 0.05) is 16.5 Å². The molecule has 5 rings (SSSR count). The molecule has 4 aromatic rings. The lowest BCUT2D eigenvalue weighted by Crippen LogP contribution is -2.07. The second-order valence-corrected chi connectivity index (χ2v) is 7.84. The molecule has 0 aromatic heterocycles. The molecule has 0 amide bonds. The second-order valence-electron chi connectivity index (χ2n) is 7.84. The minimum Gasteiger partial charge on any atom is -0.507 e. The number of rotatable bonds is 3. The van der Waals surface area contributed by atoms with Crippen molar-refractivity contribution in [2.45, 2.75) is 6.92 Å². The molecule has 4 aromatic carbocycles. The molecule has 154 valence electrons. The van der Waals surface area contributed by atoms with Crippen LogP contribution in [0.15, 0.2) is 97.1 Å². The van der Waals surface area contributed by atoms with E-state index in [2.05, 4.69) is 0 Å². The monoisotopic (exact) mass is 416 g/mol. The first-order valence-corrected chi connectivity index (χ1v) is 10.4. The zero-order valence-corrected chi connectivity index (χ0v) is 17.5. The van der Waals surface area contributed by atoms with Crippen molar-refractivity contribution in [2.75, 3.05) is 0 Å². The maximum atomic E-state index is 12.5. The number of allylic oxidation sites excluding steroid dienone is 3. The number of Topliss-reactive ketones (excluding diaryl/α,β-unsaturated/α-hetero) is 1. The quantitative estimate of drug-likeness (QED) is 0.390.